The molecule has 2 atom stereocenters. The summed E-state index contributed by atoms with van der Waals surface area (Å²) in [6.45, 7) is 6.52. The van der Waals surface area contributed by atoms with Crippen LogP contribution in [0.4, 0.5) is 0 Å². The summed E-state index contributed by atoms with van der Waals surface area (Å²) in [5, 5.41) is 85.9. The van der Waals surface area contributed by atoms with Gasteiger partial charge in [0.2, 0.25) is 0 Å². The van der Waals surface area contributed by atoms with Gasteiger partial charge < -0.3 is 72.0 Å². The lowest BCUT2D eigenvalue weighted by atomic mass is 9.92. The van der Waals surface area contributed by atoms with Crippen LogP contribution in [-0.2, 0) is 38.2 Å². The van der Waals surface area contributed by atoms with Crippen LogP contribution in [-0.4, -0.2) is 175 Å². The highest BCUT2D eigenvalue weighted by atomic mass is 24.3. The molecule has 0 rings (SSSR count). The molecule has 0 fully saturated rings. The molecule has 0 bridgehead atoms. The first-order valence-electron chi connectivity index (χ1n) is 13.8. The summed E-state index contributed by atoms with van der Waals surface area (Å²) < 4.78 is 9.45. The summed E-state index contributed by atoms with van der Waals surface area (Å²) >= 11 is 0. The molecule has 0 spiro atoms. The minimum atomic E-state index is -1.18. The SMILES string of the molecule is C=C(C)C(=O)OCC(CO)(CO)CO.C=C(C)C(=O)OCC(CO)(CO)CO.N[C@@H](CCC(=O)O)C(=O)O.N[C@@H](CCC(=O)O)C(=O)O.[MgH2]. The summed E-state index contributed by atoms with van der Waals surface area (Å²) in [6, 6.07) is -2.12. The Bertz CT molecular complexity index is 934. The number of rotatable bonds is 20. The Morgan fingerprint density at radius 3 is 0.939 bits per heavy atom. The predicted octanol–water partition coefficient (Wildman–Crippen LogP) is -4.25. The van der Waals surface area contributed by atoms with Gasteiger partial charge in [0.15, 0.2) is 0 Å². The molecule has 0 aromatic rings. The summed E-state index contributed by atoms with van der Waals surface area (Å²) in [7, 11) is 0. The van der Waals surface area contributed by atoms with Crippen molar-refractivity contribution in [1.82, 2.24) is 0 Å². The van der Waals surface area contributed by atoms with Crippen LogP contribution in [0.1, 0.15) is 39.5 Å². The van der Waals surface area contributed by atoms with Gasteiger partial charge in [0.1, 0.15) is 25.3 Å². The molecule has 0 unspecified atom stereocenters. The van der Waals surface area contributed by atoms with Crippen molar-refractivity contribution in [3.63, 3.8) is 0 Å². The molecule has 0 saturated heterocycles. The molecule has 0 aromatic heterocycles. The number of aliphatic hydroxyl groups is 6. The second kappa shape index (κ2) is 30.8. The highest BCUT2D eigenvalue weighted by Crippen LogP contribution is 2.16. The molecule has 0 aliphatic heterocycles. The summed E-state index contributed by atoms with van der Waals surface area (Å²) in [5.74, 6) is -5.61. The summed E-state index contributed by atoms with van der Waals surface area (Å²) in [5.41, 5.74) is 8.11. The van der Waals surface area contributed by atoms with Gasteiger partial charge in [-0.15, -0.1) is 0 Å². The number of carboxylic acid groups (broad SMARTS) is 4. The van der Waals surface area contributed by atoms with Crippen LogP contribution in [0.3, 0.4) is 0 Å². The van der Waals surface area contributed by atoms with Gasteiger partial charge in [-0.05, 0) is 26.7 Å². The third kappa shape index (κ3) is 29.4. The Hall–Kier alpha value is -3.25. The molecular weight excluding hydrogens is 677 g/mol. The highest BCUT2D eigenvalue weighted by molar-refractivity contribution is 5.87. The van der Waals surface area contributed by atoms with E-state index in [4.69, 9.17) is 72.0 Å². The van der Waals surface area contributed by atoms with E-state index in [0.717, 1.165) is 0 Å². The van der Waals surface area contributed by atoms with E-state index in [0.29, 0.717) is 0 Å². The van der Waals surface area contributed by atoms with E-state index in [1.807, 2.05) is 0 Å². The number of hydrogen-bond donors (Lipinski definition) is 12. The first kappa shape index (κ1) is 55.2. The standard InChI is InChI=1S/2C9H16O5.2C5H9NO4.Mg.2H/c2*1-7(2)8(13)14-6-9(3-10,4-11)5-12;2*6-3(5(9)10)1-2-4(7)8;;;/h2*10-12H,1,3-6H2,2H3;2*3H,1-2,6H2,(H,7,8)(H,9,10);;;/t;;2*3-;;;/m..00.../s1. The minimum Gasteiger partial charge on any atom is -0.481 e. The monoisotopic (exact) mass is 728 g/mol. The summed E-state index contributed by atoms with van der Waals surface area (Å²) in [6.07, 6.45) is -0.448. The molecule has 0 aliphatic rings. The Kier molecular flexibility index (Phi) is 34.7. The van der Waals surface area contributed by atoms with Crippen LogP contribution in [0.25, 0.3) is 0 Å². The number of carbonyl (C=O) groups excluding carboxylic acids is 2. The van der Waals surface area contributed by atoms with E-state index in [2.05, 4.69) is 13.2 Å². The van der Waals surface area contributed by atoms with Gasteiger partial charge in [-0.3, -0.25) is 19.2 Å². The van der Waals surface area contributed by atoms with Crippen LogP contribution in [0.15, 0.2) is 24.3 Å². The van der Waals surface area contributed by atoms with Crippen molar-refractivity contribution < 1.29 is 89.3 Å². The van der Waals surface area contributed by atoms with E-state index < -0.39 is 98.4 Å². The molecule has 0 amide bonds. The number of aliphatic carboxylic acids is 4. The van der Waals surface area contributed by atoms with E-state index in [1.165, 1.54) is 13.8 Å². The van der Waals surface area contributed by atoms with Gasteiger partial charge in [-0.25, -0.2) is 9.59 Å². The van der Waals surface area contributed by atoms with E-state index in [1.54, 1.807) is 0 Å². The Balaban J connectivity index is -0.000000177. The maximum absolute atomic E-state index is 11.0. The molecule has 0 heterocycles. The van der Waals surface area contributed by atoms with Crippen LogP contribution in [0.5, 0.6) is 0 Å². The van der Waals surface area contributed by atoms with Gasteiger partial charge in [0.25, 0.3) is 0 Å². The molecule has 284 valence electrons. The minimum absolute atomic E-state index is 0. The smallest absolute Gasteiger partial charge is 0.333 e. The lowest BCUT2D eigenvalue weighted by Crippen LogP contribution is -2.39. The van der Waals surface area contributed by atoms with Crippen LogP contribution in [0, 0.1) is 10.8 Å². The zero-order chi connectivity index (χ0) is 38.7. The summed E-state index contributed by atoms with van der Waals surface area (Å²) in [4.78, 5) is 61.7. The maximum Gasteiger partial charge on any atom is 0.333 e. The zero-order valence-corrected chi connectivity index (χ0v) is 26.9. The fourth-order valence-electron chi connectivity index (χ4n) is 2.06. The molecular formula is C28H52MgN2O18. The number of aliphatic hydroxyl groups excluding tert-OH is 6. The van der Waals surface area contributed by atoms with Gasteiger partial charge in [-0.1, -0.05) is 13.2 Å². The fraction of sp³-hybridized carbons (Fsp3) is 0.643. The van der Waals surface area contributed by atoms with Crippen LogP contribution < -0.4 is 11.5 Å². The predicted molar refractivity (Wildman–Crippen MR) is 172 cm³/mol. The number of esters is 2. The largest absolute Gasteiger partial charge is 0.481 e. The molecule has 21 heteroatoms. The first-order valence-corrected chi connectivity index (χ1v) is 13.8. The molecule has 49 heavy (non-hydrogen) atoms. The molecule has 20 nitrogen and oxygen atoms in total. The number of ether oxygens (including phenoxy) is 2. The van der Waals surface area contributed by atoms with E-state index in [9.17, 15) is 28.8 Å². The third-order valence-corrected chi connectivity index (χ3v) is 5.70. The topological polar surface area (TPSA) is 375 Å². The molecule has 0 saturated carbocycles. The van der Waals surface area contributed by atoms with Gasteiger partial charge in [0, 0.05) is 24.0 Å². The van der Waals surface area contributed by atoms with Gasteiger partial charge in [-0.2, -0.15) is 0 Å². The average Bonchev–Trinajstić information content (AvgIpc) is 3.04. The fourth-order valence-corrected chi connectivity index (χ4v) is 2.06. The van der Waals surface area contributed by atoms with E-state index in [-0.39, 0.29) is 73.1 Å². The van der Waals surface area contributed by atoms with E-state index >= 15 is 0 Å². The number of hydrogen-bond acceptors (Lipinski definition) is 16. The first-order chi connectivity index (χ1) is 22.1. The molecule has 0 radical (unpaired) electrons. The van der Waals surface area contributed by atoms with Crippen molar-refractivity contribution in [2.75, 3.05) is 52.9 Å². The van der Waals surface area contributed by atoms with Crippen molar-refractivity contribution >= 4 is 58.9 Å². The van der Waals surface area contributed by atoms with Gasteiger partial charge in [0.05, 0.1) is 50.5 Å². The Labute approximate surface area is 298 Å². The number of carboxylic acids is 4. The molecule has 0 aliphatic carbocycles. The number of carbonyl (C=O) groups is 6. The lowest BCUT2D eigenvalue weighted by Gasteiger charge is -2.26. The van der Waals surface area contributed by atoms with Crippen LogP contribution in [0.2, 0.25) is 0 Å². The number of nitrogens with two attached hydrogens (primary N) is 2. The zero-order valence-electron chi connectivity index (χ0n) is 26.9. The van der Waals surface area contributed by atoms with Gasteiger partial charge >= 0.3 is 58.9 Å². The molecule has 0 aromatic carbocycles. The van der Waals surface area contributed by atoms with Crippen LogP contribution >= 0.6 is 0 Å². The maximum atomic E-state index is 11.0. The normalized spacial score (nSPS) is 11.5. The third-order valence-electron chi connectivity index (χ3n) is 5.70. The second-order valence-corrected chi connectivity index (χ2v) is 10.4. The Morgan fingerprint density at radius 2 is 0.796 bits per heavy atom. The van der Waals surface area contributed by atoms with Crippen molar-refractivity contribution in [3.8, 4) is 0 Å². The Morgan fingerprint density at radius 1 is 0.571 bits per heavy atom. The quantitative estimate of drug-likeness (QED) is 0.0321. The average molecular weight is 729 g/mol. The highest BCUT2D eigenvalue weighted by Gasteiger charge is 2.31. The molecule has 14 N–H and O–H groups in total. The van der Waals surface area contributed by atoms with Crippen molar-refractivity contribution in [3.05, 3.63) is 24.3 Å². The lowest BCUT2D eigenvalue weighted by molar-refractivity contribution is -0.147. The van der Waals surface area contributed by atoms with Crippen molar-refractivity contribution in [2.45, 2.75) is 51.6 Å². The van der Waals surface area contributed by atoms with Crippen molar-refractivity contribution in [1.29, 1.82) is 0 Å². The van der Waals surface area contributed by atoms with Crippen molar-refractivity contribution in [2.24, 2.45) is 22.3 Å². The second-order valence-electron chi connectivity index (χ2n) is 10.4.